The number of aromatic amines is 1. The third-order valence-electron chi connectivity index (χ3n) is 3.70. The Morgan fingerprint density at radius 3 is 2.08 bits per heavy atom. The number of allylic oxidation sites excluding steroid dienone is 8. The van der Waals surface area contributed by atoms with Crippen LogP contribution in [0.25, 0.3) is 6.08 Å². The molecule has 0 bridgehead atoms. The molecule has 0 saturated heterocycles. The molecule has 4 heterocycles. The summed E-state index contributed by atoms with van der Waals surface area (Å²) in [7, 11) is 0. The van der Waals surface area contributed by atoms with E-state index in [1.807, 2.05) is 60.8 Å². The van der Waals surface area contributed by atoms with Crippen LogP contribution in [0.15, 0.2) is 92.8 Å². The van der Waals surface area contributed by atoms with Crippen molar-refractivity contribution in [2.24, 2.45) is 15.0 Å². The van der Waals surface area contributed by atoms with Crippen molar-refractivity contribution in [3.63, 3.8) is 0 Å². The molecule has 0 unspecified atom stereocenters. The molecule has 1 N–H and O–H groups in total. The second-order valence-corrected chi connectivity index (χ2v) is 5.57. The number of H-pyrrole nitrogens is 1. The van der Waals surface area contributed by atoms with E-state index in [2.05, 4.69) is 20.0 Å². The lowest BCUT2D eigenvalue weighted by molar-refractivity contribution is 0.111. The monoisotopic (exact) mass is 326 g/mol. The lowest BCUT2D eigenvalue weighted by Gasteiger charge is -1.92. The zero-order chi connectivity index (χ0) is 17.1. The highest BCUT2D eigenvalue weighted by atomic mass is 16.1. The molecular formula is C20H14N4O. The zero-order valence-corrected chi connectivity index (χ0v) is 13.3. The maximum Gasteiger partial charge on any atom is 0.166 e. The number of carbonyl (C=O) groups excluding carboxylic acids is 1. The smallest absolute Gasteiger partial charge is 0.166 e. The maximum absolute atomic E-state index is 10.7. The molecule has 0 saturated carbocycles. The summed E-state index contributed by atoms with van der Waals surface area (Å²) in [6.45, 7) is 0. The van der Waals surface area contributed by atoms with Gasteiger partial charge >= 0.3 is 0 Å². The third kappa shape index (κ3) is 3.50. The van der Waals surface area contributed by atoms with E-state index in [1.54, 1.807) is 12.3 Å². The average Bonchev–Trinajstić information content (AvgIpc) is 3.38. The highest BCUT2D eigenvalue weighted by Crippen LogP contribution is 2.18. The van der Waals surface area contributed by atoms with Crippen LogP contribution in [0.1, 0.15) is 16.2 Å². The van der Waals surface area contributed by atoms with E-state index in [9.17, 15) is 4.79 Å². The number of hydrogen-bond acceptors (Lipinski definition) is 4. The van der Waals surface area contributed by atoms with Gasteiger partial charge in [-0.3, -0.25) is 9.79 Å². The van der Waals surface area contributed by atoms with E-state index < -0.39 is 0 Å². The van der Waals surface area contributed by atoms with Gasteiger partial charge in [-0.1, -0.05) is 0 Å². The largest absolute Gasteiger partial charge is 0.353 e. The molecule has 0 atom stereocenters. The Morgan fingerprint density at radius 2 is 1.44 bits per heavy atom. The molecule has 0 aromatic carbocycles. The molecule has 5 heteroatoms. The van der Waals surface area contributed by atoms with Gasteiger partial charge in [0.1, 0.15) is 0 Å². The molecule has 5 nitrogen and oxygen atoms in total. The molecule has 0 spiro atoms. The molecule has 25 heavy (non-hydrogen) atoms. The first kappa shape index (κ1) is 15.0. The normalized spacial score (nSPS) is 22.6. The second kappa shape index (κ2) is 6.49. The van der Waals surface area contributed by atoms with Crippen molar-refractivity contribution < 1.29 is 4.79 Å². The lowest BCUT2D eigenvalue weighted by atomic mass is 10.2. The Hall–Kier alpha value is -3.60. The molecule has 3 aliphatic rings. The Morgan fingerprint density at radius 1 is 0.760 bits per heavy atom. The van der Waals surface area contributed by atoms with Gasteiger partial charge in [0.2, 0.25) is 0 Å². The molecule has 1 aromatic rings. The van der Waals surface area contributed by atoms with Crippen molar-refractivity contribution in [2.75, 3.05) is 0 Å². The first-order chi connectivity index (χ1) is 12.3. The number of aromatic nitrogens is 1. The standard InChI is InChI=1S/C20H14N4O/c25-13-20-8-7-19(24-20)12-18-6-5-17(23-18)11-16-4-3-15(22-16)10-14-2-1-9-21-14/h1-13,24H. The van der Waals surface area contributed by atoms with Gasteiger partial charge < -0.3 is 4.98 Å². The van der Waals surface area contributed by atoms with E-state index >= 15 is 0 Å². The predicted molar refractivity (Wildman–Crippen MR) is 101 cm³/mol. The Balaban J connectivity index is 1.50. The Labute approximate surface area is 144 Å². The zero-order valence-electron chi connectivity index (χ0n) is 13.3. The Bertz CT molecular complexity index is 990. The van der Waals surface area contributed by atoms with Crippen LogP contribution < -0.4 is 0 Å². The topological polar surface area (TPSA) is 69.9 Å². The van der Waals surface area contributed by atoms with Gasteiger partial charge in [-0.25, -0.2) is 9.98 Å². The molecule has 0 amide bonds. The van der Waals surface area contributed by atoms with Crippen LogP contribution in [0, 0.1) is 0 Å². The van der Waals surface area contributed by atoms with Crippen molar-refractivity contribution >= 4 is 30.0 Å². The van der Waals surface area contributed by atoms with Crippen LogP contribution in [0.5, 0.6) is 0 Å². The van der Waals surface area contributed by atoms with Gasteiger partial charge in [-0.05, 0) is 66.8 Å². The first-order valence-corrected chi connectivity index (χ1v) is 7.82. The van der Waals surface area contributed by atoms with Crippen LogP contribution in [0.2, 0.25) is 0 Å². The minimum absolute atomic E-state index is 0.550. The molecule has 0 fully saturated rings. The summed E-state index contributed by atoms with van der Waals surface area (Å²) in [5.41, 5.74) is 5.68. The van der Waals surface area contributed by atoms with Crippen LogP contribution in [-0.4, -0.2) is 28.9 Å². The number of hydrogen-bond donors (Lipinski definition) is 1. The number of carbonyl (C=O) groups is 1. The quantitative estimate of drug-likeness (QED) is 0.844. The van der Waals surface area contributed by atoms with Crippen LogP contribution in [-0.2, 0) is 0 Å². The van der Waals surface area contributed by atoms with E-state index in [4.69, 9.17) is 0 Å². The van der Waals surface area contributed by atoms with Crippen molar-refractivity contribution in [1.29, 1.82) is 0 Å². The van der Waals surface area contributed by atoms with Crippen molar-refractivity contribution in [3.8, 4) is 0 Å². The maximum atomic E-state index is 10.7. The minimum Gasteiger partial charge on any atom is -0.353 e. The van der Waals surface area contributed by atoms with Crippen molar-refractivity contribution in [2.45, 2.75) is 0 Å². The Kier molecular flexibility index (Phi) is 3.88. The van der Waals surface area contributed by atoms with Crippen LogP contribution in [0.4, 0.5) is 0 Å². The first-order valence-electron chi connectivity index (χ1n) is 7.82. The minimum atomic E-state index is 0.550. The summed E-state index contributed by atoms with van der Waals surface area (Å²) >= 11 is 0. The molecule has 120 valence electrons. The molecule has 0 radical (unpaired) electrons. The van der Waals surface area contributed by atoms with Gasteiger partial charge in [0, 0.05) is 11.9 Å². The summed E-state index contributed by atoms with van der Waals surface area (Å²) < 4.78 is 0. The van der Waals surface area contributed by atoms with Crippen molar-refractivity contribution in [3.05, 3.63) is 89.2 Å². The summed E-state index contributed by atoms with van der Waals surface area (Å²) in [6, 6.07) is 3.59. The van der Waals surface area contributed by atoms with Gasteiger partial charge in [0.25, 0.3) is 0 Å². The number of aliphatic imine (C=N–C) groups is 3. The highest BCUT2D eigenvalue weighted by molar-refractivity contribution is 6.11. The van der Waals surface area contributed by atoms with Crippen LogP contribution in [0.3, 0.4) is 0 Å². The fourth-order valence-electron chi connectivity index (χ4n) is 2.55. The number of rotatable bonds is 4. The predicted octanol–water partition coefficient (Wildman–Crippen LogP) is 3.60. The number of nitrogens with zero attached hydrogens (tertiary/aromatic N) is 3. The van der Waals surface area contributed by atoms with E-state index in [-0.39, 0.29) is 0 Å². The number of nitrogens with one attached hydrogen (secondary N) is 1. The van der Waals surface area contributed by atoms with E-state index in [0.717, 1.165) is 40.5 Å². The fourth-order valence-corrected chi connectivity index (χ4v) is 2.55. The second-order valence-electron chi connectivity index (χ2n) is 5.57. The summed E-state index contributed by atoms with van der Waals surface area (Å²) in [5.74, 6) is 0. The van der Waals surface area contributed by atoms with Gasteiger partial charge in [0.15, 0.2) is 6.29 Å². The summed E-state index contributed by atoms with van der Waals surface area (Å²) in [4.78, 5) is 27.0. The number of aldehydes is 1. The average molecular weight is 326 g/mol. The molecule has 0 aliphatic carbocycles. The third-order valence-corrected chi connectivity index (χ3v) is 3.70. The molecule has 3 aliphatic heterocycles. The van der Waals surface area contributed by atoms with Gasteiger partial charge in [0.05, 0.1) is 34.2 Å². The SMILES string of the molecule is O=Cc1ccc(C=C2C=CC(C=C3C=CC(C=C4C=CC=N4)=N3)=N2)[nH]1. The highest BCUT2D eigenvalue weighted by Gasteiger charge is 2.07. The molecule has 1 aromatic heterocycles. The summed E-state index contributed by atoms with van der Waals surface area (Å²) in [6.07, 6.45) is 19.9. The fraction of sp³-hybridized carbons (Fsp3) is 0. The molecular weight excluding hydrogens is 312 g/mol. The molecule has 4 rings (SSSR count). The van der Waals surface area contributed by atoms with E-state index in [0.29, 0.717) is 5.69 Å². The van der Waals surface area contributed by atoms with E-state index in [1.165, 1.54) is 0 Å². The van der Waals surface area contributed by atoms with Gasteiger partial charge in [-0.15, -0.1) is 0 Å². The summed E-state index contributed by atoms with van der Waals surface area (Å²) in [5, 5.41) is 0. The lowest BCUT2D eigenvalue weighted by Crippen LogP contribution is -1.86. The van der Waals surface area contributed by atoms with Crippen molar-refractivity contribution in [1.82, 2.24) is 4.98 Å². The van der Waals surface area contributed by atoms with Crippen LogP contribution >= 0.6 is 0 Å². The van der Waals surface area contributed by atoms with Gasteiger partial charge in [-0.2, -0.15) is 0 Å².